The van der Waals surface area contributed by atoms with Crippen LogP contribution in [-0.4, -0.2) is 22.7 Å². The van der Waals surface area contributed by atoms with Crippen LogP contribution in [0.2, 0.25) is 0 Å². The van der Waals surface area contributed by atoms with Crippen molar-refractivity contribution in [3.8, 4) is 5.75 Å². The van der Waals surface area contributed by atoms with Crippen LogP contribution in [0.1, 0.15) is 17.2 Å². The number of urea groups is 1. The zero-order chi connectivity index (χ0) is 15.9. The highest BCUT2D eigenvalue weighted by Crippen LogP contribution is 2.29. The van der Waals surface area contributed by atoms with E-state index in [4.69, 9.17) is 4.74 Å². The number of ether oxygens (including phenoxy) is 1. The number of nitrogens with one attached hydrogen (secondary N) is 3. The van der Waals surface area contributed by atoms with Crippen LogP contribution < -0.4 is 26.6 Å². The maximum absolute atomic E-state index is 12.2. The second-order valence-corrected chi connectivity index (χ2v) is 4.89. The molecule has 1 aliphatic heterocycles. The number of aromatic amines is 1. The molecule has 3 rings (SSSR count). The Morgan fingerprint density at radius 2 is 2.00 bits per heavy atom. The fourth-order valence-electron chi connectivity index (χ4n) is 2.48. The molecular formula is C14H14N4O4. The monoisotopic (exact) mass is 302 g/mol. The molecule has 2 heterocycles. The van der Waals surface area contributed by atoms with Gasteiger partial charge < -0.3 is 10.1 Å². The molecule has 114 valence electrons. The van der Waals surface area contributed by atoms with Crippen molar-refractivity contribution in [2.45, 2.75) is 6.04 Å². The van der Waals surface area contributed by atoms with E-state index in [0.717, 1.165) is 0 Å². The average molecular weight is 302 g/mol. The van der Waals surface area contributed by atoms with Crippen LogP contribution in [0, 0.1) is 0 Å². The molecule has 1 aromatic carbocycles. The fourth-order valence-corrected chi connectivity index (χ4v) is 2.48. The molecule has 8 heteroatoms. The van der Waals surface area contributed by atoms with Gasteiger partial charge >= 0.3 is 11.7 Å². The quantitative estimate of drug-likeness (QED) is 0.742. The Bertz CT molecular complexity index is 868. The molecule has 1 aliphatic rings. The summed E-state index contributed by atoms with van der Waals surface area (Å²) in [5.74, 6) is 0.790. The van der Waals surface area contributed by atoms with Gasteiger partial charge in [-0.3, -0.25) is 19.7 Å². The van der Waals surface area contributed by atoms with Crippen LogP contribution in [0.4, 0.5) is 10.6 Å². The van der Waals surface area contributed by atoms with Gasteiger partial charge in [0.2, 0.25) is 0 Å². The number of anilines is 1. The summed E-state index contributed by atoms with van der Waals surface area (Å²) in [6, 6.07) is 5.86. The van der Waals surface area contributed by atoms with E-state index in [0.29, 0.717) is 11.3 Å². The van der Waals surface area contributed by atoms with Gasteiger partial charge in [-0.2, -0.15) is 0 Å². The van der Waals surface area contributed by atoms with Crippen LogP contribution in [-0.2, 0) is 7.05 Å². The minimum absolute atomic E-state index is 0.185. The molecule has 0 spiro atoms. The van der Waals surface area contributed by atoms with Gasteiger partial charge in [-0.25, -0.2) is 9.59 Å². The van der Waals surface area contributed by atoms with Crippen molar-refractivity contribution in [1.82, 2.24) is 14.9 Å². The van der Waals surface area contributed by atoms with Crippen molar-refractivity contribution in [2.75, 3.05) is 12.4 Å². The largest absolute Gasteiger partial charge is 0.497 e. The van der Waals surface area contributed by atoms with Crippen molar-refractivity contribution in [1.29, 1.82) is 0 Å². The zero-order valence-electron chi connectivity index (χ0n) is 12.0. The summed E-state index contributed by atoms with van der Waals surface area (Å²) >= 11 is 0. The number of hydrogen-bond donors (Lipinski definition) is 3. The van der Waals surface area contributed by atoms with Crippen LogP contribution >= 0.6 is 0 Å². The Balaban J connectivity index is 2.24. The number of H-pyrrole nitrogens is 1. The molecule has 8 nitrogen and oxygen atoms in total. The normalized spacial score (nSPS) is 16.5. The lowest BCUT2D eigenvalue weighted by Gasteiger charge is -2.27. The molecule has 22 heavy (non-hydrogen) atoms. The number of amides is 2. The third kappa shape index (κ3) is 2.14. The maximum Gasteiger partial charge on any atom is 0.329 e. The number of rotatable bonds is 2. The van der Waals surface area contributed by atoms with Gasteiger partial charge in [0.1, 0.15) is 11.6 Å². The van der Waals surface area contributed by atoms with Gasteiger partial charge in [0.25, 0.3) is 5.56 Å². The van der Waals surface area contributed by atoms with Crippen molar-refractivity contribution >= 4 is 11.8 Å². The molecule has 2 aromatic rings. The summed E-state index contributed by atoms with van der Waals surface area (Å²) in [4.78, 5) is 38.0. The summed E-state index contributed by atoms with van der Waals surface area (Å²) in [6.07, 6.45) is 0. The van der Waals surface area contributed by atoms with Gasteiger partial charge in [-0.1, -0.05) is 12.1 Å². The number of methoxy groups -OCH3 is 1. The minimum Gasteiger partial charge on any atom is -0.497 e. The number of nitrogens with zero attached hydrogens (tertiary/aromatic N) is 1. The molecule has 3 N–H and O–H groups in total. The Morgan fingerprint density at radius 3 is 2.73 bits per heavy atom. The van der Waals surface area contributed by atoms with E-state index in [2.05, 4.69) is 15.6 Å². The average Bonchev–Trinajstić information content (AvgIpc) is 2.51. The summed E-state index contributed by atoms with van der Waals surface area (Å²) < 4.78 is 6.36. The highest BCUT2D eigenvalue weighted by molar-refractivity contribution is 5.92. The maximum atomic E-state index is 12.2. The first kappa shape index (κ1) is 13.9. The van der Waals surface area contributed by atoms with Gasteiger partial charge in [0.15, 0.2) is 0 Å². The summed E-state index contributed by atoms with van der Waals surface area (Å²) in [7, 11) is 3.01. The molecular weight excluding hydrogens is 288 g/mol. The smallest absolute Gasteiger partial charge is 0.329 e. The molecule has 0 aliphatic carbocycles. The van der Waals surface area contributed by atoms with Crippen molar-refractivity contribution in [3.63, 3.8) is 0 Å². The Kier molecular flexibility index (Phi) is 3.21. The Labute approximate surface area is 124 Å². The lowest BCUT2D eigenvalue weighted by molar-refractivity contribution is 0.248. The van der Waals surface area contributed by atoms with E-state index in [1.165, 1.54) is 18.7 Å². The van der Waals surface area contributed by atoms with Crippen LogP contribution in [0.25, 0.3) is 0 Å². The Morgan fingerprint density at radius 1 is 1.23 bits per heavy atom. The van der Waals surface area contributed by atoms with Crippen molar-refractivity contribution in [3.05, 3.63) is 56.2 Å². The van der Waals surface area contributed by atoms with Crippen LogP contribution in [0.3, 0.4) is 0 Å². The number of hydrogen-bond acceptors (Lipinski definition) is 4. The molecule has 1 aromatic heterocycles. The standard InChI is InChI=1S/C14H14N4O4/c1-18-11-9(12(19)17-14(18)21)10(15-13(20)16-11)7-4-3-5-8(6-7)22-2/h3-6,10H,1-2H3,(H2,15,16,20)(H,17,19,21)/t10-/m1/s1. The molecule has 0 saturated carbocycles. The summed E-state index contributed by atoms with van der Waals surface area (Å²) in [6.45, 7) is 0. The fraction of sp³-hybridized carbons (Fsp3) is 0.214. The molecule has 0 bridgehead atoms. The predicted octanol–water partition coefficient (Wildman–Crippen LogP) is 0.307. The molecule has 0 saturated heterocycles. The second kappa shape index (κ2) is 5.06. The molecule has 0 fully saturated rings. The van der Waals surface area contributed by atoms with E-state index in [1.54, 1.807) is 24.3 Å². The van der Waals surface area contributed by atoms with Gasteiger partial charge in [0.05, 0.1) is 18.7 Å². The third-order valence-corrected chi connectivity index (χ3v) is 3.58. The first-order valence-electron chi connectivity index (χ1n) is 6.56. The van der Waals surface area contributed by atoms with E-state index in [9.17, 15) is 14.4 Å². The first-order chi connectivity index (χ1) is 10.5. The molecule has 0 radical (unpaired) electrons. The van der Waals surface area contributed by atoms with E-state index in [-0.39, 0.29) is 11.4 Å². The Hall–Kier alpha value is -3.03. The van der Waals surface area contributed by atoms with Gasteiger partial charge in [-0.05, 0) is 17.7 Å². The van der Waals surface area contributed by atoms with Gasteiger partial charge in [-0.15, -0.1) is 0 Å². The van der Waals surface area contributed by atoms with E-state index in [1.807, 2.05) is 0 Å². The van der Waals surface area contributed by atoms with E-state index >= 15 is 0 Å². The van der Waals surface area contributed by atoms with Crippen LogP contribution in [0.5, 0.6) is 5.75 Å². The molecule has 0 unspecified atom stereocenters. The molecule has 2 amide bonds. The first-order valence-corrected chi connectivity index (χ1v) is 6.56. The topological polar surface area (TPSA) is 105 Å². The summed E-state index contributed by atoms with van der Waals surface area (Å²) in [5, 5.41) is 5.19. The zero-order valence-corrected chi connectivity index (χ0v) is 12.0. The van der Waals surface area contributed by atoms with Gasteiger partial charge in [0, 0.05) is 7.05 Å². The minimum atomic E-state index is -0.672. The number of carbonyl (C=O) groups excluding carboxylic acids is 1. The predicted molar refractivity (Wildman–Crippen MR) is 79.3 cm³/mol. The van der Waals surface area contributed by atoms with Crippen LogP contribution in [0.15, 0.2) is 33.9 Å². The van der Waals surface area contributed by atoms with Crippen molar-refractivity contribution < 1.29 is 9.53 Å². The van der Waals surface area contributed by atoms with Crippen molar-refractivity contribution in [2.24, 2.45) is 7.05 Å². The number of carbonyl (C=O) groups is 1. The van der Waals surface area contributed by atoms with E-state index < -0.39 is 23.3 Å². The SMILES string of the molecule is COc1cccc([C@H]2NC(=O)Nc3c2c(=O)[nH]c(=O)n3C)c1. The summed E-state index contributed by atoms with van der Waals surface area (Å²) in [5.41, 5.74) is -0.177. The highest BCUT2D eigenvalue weighted by Gasteiger charge is 2.30. The third-order valence-electron chi connectivity index (χ3n) is 3.58. The lowest BCUT2D eigenvalue weighted by atomic mass is 9.98. The number of benzene rings is 1. The second-order valence-electron chi connectivity index (χ2n) is 4.89. The number of fused-ring (bicyclic) bond motifs is 1. The molecule has 1 atom stereocenters. The highest BCUT2D eigenvalue weighted by atomic mass is 16.5. The number of aromatic nitrogens is 2. The lowest BCUT2D eigenvalue weighted by Crippen LogP contribution is -2.46.